The second kappa shape index (κ2) is 6.39. The van der Waals surface area contributed by atoms with E-state index in [1.807, 2.05) is 0 Å². The van der Waals surface area contributed by atoms with Crippen molar-refractivity contribution in [3.05, 3.63) is 11.9 Å². The Morgan fingerprint density at radius 1 is 1.35 bits per heavy atom. The topological polar surface area (TPSA) is 73.1 Å². The fourth-order valence-electron chi connectivity index (χ4n) is 1.73. The number of anilines is 2. The maximum Gasteiger partial charge on any atom is 0.134 e. The van der Waals surface area contributed by atoms with E-state index in [0.29, 0.717) is 17.7 Å². The zero-order valence-electron chi connectivity index (χ0n) is 11.0. The van der Waals surface area contributed by atoms with E-state index in [0.717, 1.165) is 24.5 Å². The fourth-order valence-corrected chi connectivity index (χ4v) is 1.73. The number of aromatic nitrogens is 2. The molecular formula is C12H22N4O. The molecule has 1 aromatic heterocycles. The van der Waals surface area contributed by atoms with Gasteiger partial charge in [0, 0.05) is 19.2 Å². The van der Waals surface area contributed by atoms with Crippen molar-refractivity contribution in [2.45, 2.75) is 26.7 Å². The highest BCUT2D eigenvalue weighted by Gasteiger charge is 2.13. The van der Waals surface area contributed by atoms with E-state index in [1.54, 1.807) is 7.11 Å². The molecule has 17 heavy (non-hydrogen) atoms. The first-order chi connectivity index (χ1) is 8.06. The van der Waals surface area contributed by atoms with Crippen LogP contribution in [0, 0.1) is 5.92 Å². The number of methoxy groups -OCH3 is 1. The summed E-state index contributed by atoms with van der Waals surface area (Å²) in [6.45, 7) is 7.82. The summed E-state index contributed by atoms with van der Waals surface area (Å²) in [5.74, 6) is 2.11. The Kier molecular flexibility index (Phi) is 5.15. The number of nitrogens with zero attached hydrogens (tertiary/aromatic N) is 2. The van der Waals surface area contributed by atoms with Crippen molar-refractivity contribution in [3.8, 4) is 0 Å². The molecule has 0 saturated carbocycles. The van der Waals surface area contributed by atoms with E-state index in [4.69, 9.17) is 10.5 Å². The van der Waals surface area contributed by atoms with E-state index in [2.05, 4.69) is 36.1 Å². The van der Waals surface area contributed by atoms with Gasteiger partial charge in [0.25, 0.3) is 0 Å². The minimum Gasteiger partial charge on any atom is -0.384 e. The van der Waals surface area contributed by atoms with Crippen LogP contribution in [-0.4, -0.2) is 30.2 Å². The summed E-state index contributed by atoms with van der Waals surface area (Å²) in [6.07, 6.45) is 1.49. The van der Waals surface area contributed by atoms with Gasteiger partial charge in [-0.15, -0.1) is 0 Å². The highest BCUT2D eigenvalue weighted by Crippen LogP contribution is 2.26. The quantitative estimate of drug-likeness (QED) is 0.791. The fraction of sp³-hybridized carbons (Fsp3) is 0.667. The summed E-state index contributed by atoms with van der Waals surface area (Å²) in [7, 11) is 1.71. The summed E-state index contributed by atoms with van der Waals surface area (Å²) < 4.78 is 5.10. The van der Waals surface area contributed by atoms with Crippen molar-refractivity contribution in [2.24, 2.45) is 5.92 Å². The molecule has 1 unspecified atom stereocenters. The van der Waals surface area contributed by atoms with Gasteiger partial charge < -0.3 is 15.8 Å². The van der Waals surface area contributed by atoms with Gasteiger partial charge in [0.2, 0.25) is 0 Å². The van der Waals surface area contributed by atoms with Crippen molar-refractivity contribution >= 4 is 11.6 Å². The van der Waals surface area contributed by atoms with E-state index < -0.39 is 0 Å². The standard InChI is InChI=1S/C12H22N4O/c1-8(2)10-11(13)15-7-16-12(10)14-5-9(3)6-17-4/h7-9H,5-6H2,1-4H3,(H3,13,14,15,16). The molecule has 0 saturated heterocycles. The van der Waals surface area contributed by atoms with Crippen LogP contribution in [0.25, 0.3) is 0 Å². The van der Waals surface area contributed by atoms with Crippen LogP contribution in [0.4, 0.5) is 11.6 Å². The maximum absolute atomic E-state index is 5.87. The first kappa shape index (κ1) is 13.7. The lowest BCUT2D eigenvalue weighted by Gasteiger charge is -2.17. The Hall–Kier alpha value is -1.36. The summed E-state index contributed by atoms with van der Waals surface area (Å²) >= 11 is 0. The number of nitrogen functional groups attached to an aromatic ring is 1. The molecule has 5 heteroatoms. The SMILES string of the molecule is COCC(C)CNc1ncnc(N)c1C(C)C. The van der Waals surface area contributed by atoms with Crippen molar-refractivity contribution < 1.29 is 4.74 Å². The van der Waals surface area contributed by atoms with Crippen LogP contribution in [0.15, 0.2) is 6.33 Å². The predicted octanol–water partition coefficient (Wildman–Crippen LogP) is 1.88. The summed E-state index contributed by atoms with van der Waals surface area (Å²) in [6, 6.07) is 0. The van der Waals surface area contributed by atoms with Gasteiger partial charge >= 0.3 is 0 Å². The van der Waals surface area contributed by atoms with Gasteiger partial charge in [0.15, 0.2) is 0 Å². The first-order valence-corrected chi connectivity index (χ1v) is 5.89. The minimum absolute atomic E-state index is 0.302. The van der Waals surface area contributed by atoms with Crippen molar-refractivity contribution in [1.29, 1.82) is 0 Å². The molecule has 0 aromatic carbocycles. The van der Waals surface area contributed by atoms with Crippen LogP contribution >= 0.6 is 0 Å². The third kappa shape index (κ3) is 3.85. The molecule has 5 nitrogen and oxygen atoms in total. The predicted molar refractivity (Wildman–Crippen MR) is 70.1 cm³/mol. The monoisotopic (exact) mass is 238 g/mol. The highest BCUT2D eigenvalue weighted by atomic mass is 16.5. The molecule has 1 aromatic rings. The van der Waals surface area contributed by atoms with Crippen LogP contribution in [-0.2, 0) is 4.74 Å². The Labute approximate surface area is 103 Å². The van der Waals surface area contributed by atoms with Gasteiger partial charge in [-0.3, -0.25) is 0 Å². The van der Waals surface area contributed by atoms with E-state index in [-0.39, 0.29) is 0 Å². The van der Waals surface area contributed by atoms with E-state index in [9.17, 15) is 0 Å². The van der Waals surface area contributed by atoms with Gasteiger partial charge in [-0.05, 0) is 11.8 Å². The third-order valence-electron chi connectivity index (χ3n) is 2.56. The lowest BCUT2D eigenvalue weighted by Crippen LogP contribution is -2.18. The Morgan fingerprint density at radius 2 is 2.06 bits per heavy atom. The largest absolute Gasteiger partial charge is 0.384 e. The normalized spacial score (nSPS) is 12.8. The molecule has 0 fully saturated rings. The molecule has 96 valence electrons. The summed E-state index contributed by atoms with van der Waals surface area (Å²) in [5.41, 5.74) is 6.85. The first-order valence-electron chi connectivity index (χ1n) is 5.89. The van der Waals surface area contributed by atoms with Crippen molar-refractivity contribution in [1.82, 2.24) is 9.97 Å². The second-order valence-electron chi connectivity index (χ2n) is 4.62. The van der Waals surface area contributed by atoms with Crippen LogP contribution in [0.5, 0.6) is 0 Å². The summed E-state index contributed by atoms with van der Waals surface area (Å²) in [5, 5.41) is 3.31. The number of nitrogens with one attached hydrogen (secondary N) is 1. The number of hydrogen-bond acceptors (Lipinski definition) is 5. The van der Waals surface area contributed by atoms with E-state index >= 15 is 0 Å². The third-order valence-corrected chi connectivity index (χ3v) is 2.56. The Bertz CT molecular complexity index is 354. The van der Waals surface area contributed by atoms with Crippen LogP contribution in [0.3, 0.4) is 0 Å². The smallest absolute Gasteiger partial charge is 0.134 e. The van der Waals surface area contributed by atoms with Gasteiger partial charge in [0.1, 0.15) is 18.0 Å². The molecular weight excluding hydrogens is 216 g/mol. The van der Waals surface area contributed by atoms with Crippen molar-refractivity contribution in [2.75, 3.05) is 31.3 Å². The summed E-state index contributed by atoms with van der Waals surface area (Å²) in [4.78, 5) is 8.28. The number of rotatable bonds is 6. The van der Waals surface area contributed by atoms with Crippen molar-refractivity contribution in [3.63, 3.8) is 0 Å². The molecule has 1 heterocycles. The molecule has 0 bridgehead atoms. The average Bonchev–Trinajstić information content (AvgIpc) is 2.26. The van der Waals surface area contributed by atoms with Gasteiger partial charge in [0.05, 0.1) is 6.61 Å². The van der Waals surface area contributed by atoms with Crippen LogP contribution in [0.1, 0.15) is 32.3 Å². The van der Waals surface area contributed by atoms with Gasteiger partial charge in [-0.2, -0.15) is 0 Å². The number of hydrogen-bond donors (Lipinski definition) is 2. The minimum atomic E-state index is 0.302. The van der Waals surface area contributed by atoms with Crippen LogP contribution in [0.2, 0.25) is 0 Å². The Balaban J connectivity index is 2.73. The molecule has 0 spiro atoms. The molecule has 1 atom stereocenters. The zero-order valence-corrected chi connectivity index (χ0v) is 11.0. The van der Waals surface area contributed by atoms with E-state index in [1.165, 1.54) is 6.33 Å². The molecule has 0 amide bonds. The average molecular weight is 238 g/mol. The molecule has 0 aliphatic carbocycles. The molecule has 0 aliphatic heterocycles. The van der Waals surface area contributed by atoms with Gasteiger partial charge in [-0.1, -0.05) is 20.8 Å². The maximum atomic E-state index is 5.87. The number of nitrogens with two attached hydrogens (primary N) is 1. The molecule has 0 radical (unpaired) electrons. The number of ether oxygens (including phenoxy) is 1. The second-order valence-corrected chi connectivity index (χ2v) is 4.62. The highest BCUT2D eigenvalue weighted by molar-refractivity contribution is 5.56. The molecule has 3 N–H and O–H groups in total. The molecule has 0 aliphatic rings. The lowest BCUT2D eigenvalue weighted by atomic mass is 10.0. The molecule has 1 rings (SSSR count). The lowest BCUT2D eigenvalue weighted by molar-refractivity contribution is 0.164. The van der Waals surface area contributed by atoms with Gasteiger partial charge in [-0.25, -0.2) is 9.97 Å². The Morgan fingerprint density at radius 3 is 2.65 bits per heavy atom. The van der Waals surface area contributed by atoms with Crippen LogP contribution < -0.4 is 11.1 Å². The zero-order chi connectivity index (χ0) is 12.8.